The number of non-ortho nitro benzene ring substituents is 2. The van der Waals surface area contributed by atoms with Gasteiger partial charge in [-0.05, 0) is 12.0 Å². The van der Waals surface area contributed by atoms with Gasteiger partial charge in [0, 0.05) is 31.0 Å². The second-order valence-corrected chi connectivity index (χ2v) is 5.09. The molecule has 1 heterocycles. The van der Waals surface area contributed by atoms with Crippen molar-refractivity contribution in [3.8, 4) is 0 Å². The van der Waals surface area contributed by atoms with E-state index in [-0.39, 0.29) is 11.4 Å². The zero-order valence-corrected chi connectivity index (χ0v) is 11.3. The average Bonchev–Trinajstić information content (AvgIpc) is 2.45. The maximum absolute atomic E-state index is 10.8. The fourth-order valence-corrected chi connectivity index (χ4v) is 2.57. The molecular weight excluding hydrogens is 284 g/mol. The van der Waals surface area contributed by atoms with Crippen LogP contribution in [0.1, 0.15) is 12.0 Å². The average molecular weight is 296 g/mol. The molecule has 1 N–H and O–H groups in total. The van der Waals surface area contributed by atoms with Crippen molar-refractivity contribution in [2.24, 2.45) is 4.99 Å². The highest BCUT2D eigenvalue weighted by Crippen LogP contribution is 2.25. The number of rotatable bonds is 4. The predicted octanol–water partition coefficient (Wildman–Crippen LogP) is 2.09. The fourth-order valence-electron chi connectivity index (χ4n) is 1.71. The number of aliphatic imine (C=N–C) groups is 1. The van der Waals surface area contributed by atoms with E-state index in [2.05, 4.69) is 10.3 Å². The molecule has 1 aromatic rings. The van der Waals surface area contributed by atoms with E-state index >= 15 is 0 Å². The number of nitrogens with zero attached hydrogens (tertiary/aromatic N) is 3. The standard InChI is InChI=1S/C11H12N4O4S/c16-14(17)9-4-8(5-10(6-9)15(18)19)7-20-11-12-2-1-3-13-11/h4-6H,1-3,7H2,(H,12,13). The Morgan fingerprint density at radius 2 is 1.85 bits per heavy atom. The minimum Gasteiger partial charge on any atom is -0.365 e. The molecule has 0 aliphatic carbocycles. The minimum absolute atomic E-state index is 0.270. The maximum Gasteiger partial charge on any atom is 0.276 e. The number of hydrogen-bond acceptors (Lipinski definition) is 7. The number of nitro benzene ring substituents is 2. The van der Waals surface area contributed by atoms with Crippen molar-refractivity contribution in [3.63, 3.8) is 0 Å². The molecule has 2 rings (SSSR count). The molecule has 0 bridgehead atoms. The summed E-state index contributed by atoms with van der Waals surface area (Å²) in [7, 11) is 0. The topological polar surface area (TPSA) is 111 Å². The van der Waals surface area contributed by atoms with Crippen LogP contribution in [0.15, 0.2) is 23.2 Å². The van der Waals surface area contributed by atoms with E-state index in [9.17, 15) is 20.2 Å². The number of hydrogen-bond donors (Lipinski definition) is 1. The van der Waals surface area contributed by atoms with E-state index < -0.39 is 9.85 Å². The van der Waals surface area contributed by atoms with Crippen LogP contribution in [-0.4, -0.2) is 28.1 Å². The molecule has 1 aliphatic rings. The lowest BCUT2D eigenvalue weighted by molar-refractivity contribution is -0.394. The van der Waals surface area contributed by atoms with Crippen LogP contribution in [0.5, 0.6) is 0 Å². The molecule has 1 aromatic carbocycles. The van der Waals surface area contributed by atoms with Crippen LogP contribution in [0, 0.1) is 20.2 Å². The smallest absolute Gasteiger partial charge is 0.276 e. The molecule has 0 amide bonds. The third-order valence-corrected chi connectivity index (χ3v) is 3.65. The predicted molar refractivity (Wildman–Crippen MR) is 76.0 cm³/mol. The molecule has 0 radical (unpaired) electrons. The first-order valence-electron chi connectivity index (χ1n) is 5.90. The van der Waals surface area contributed by atoms with Gasteiger partial charge in [0.1, 0.15) is 0 Å². The van der Waals surface area contributed by atoms with E-state index in [0.717, 1.165) is 30.7 Å². The summed E-state index contributed by atoms with van der Waals surface area (Å²) in [5.41, 5.74) is -0.00680. The summed E-state index contributed by atoms with van der Waals surface area (Å²) in [6.45, 7) is 1.60. The molecule has 9 heteroatoms. The highest BCUT2D eigenvalue weighted by molar-refractivity contribution is 8.13. The van der Waals surface area contributed by atoms with Crippen molar-refractivity contribution in [3.05, 3.63) is 44.0 Å². The van der Waals surface area contributed by atoms with Crippen molar-refractivity contribution >= 4 is 28.3 Å². The van der Waals surface area contributed by atoms with Crippen molar-refractivity contribution < 1.29 is 9.85 Å². The number of thioether (sulfide) groups is 1. The second-order valence-electron chi connectivity index (χ2n) is 4.13. The van der Waals surface area contributed by atoms with Crippen LogP contribution in [0.2, 0.25) is 0 Å². The molecular formula is C11H12N4O4S. The number of nitrogens with one attached hydrogen (secondary N) is 1. The normalized spacial score (nSPS) is 14.3. The number of amidine groups is 1. The molecule has 0 aromatic heterocycles. The molecule has 1 aliphatic heterocycles. The lowest BCUT2D eigenvalue weighted by atomic mass is 10.2. The molecule has 0 saturated carbocycles. The summed E-state index contributed by atoms with van der Waals surface area (Å²) in [4.78, 5) is 24.6. The molecule has 0 atom stereocenters. The van der Waals surface area contributed by atoms with Gasteiger partial charge in [0.05, 0.1) is 15.9 Å². The van der Waals surface area contributed by atoms with Gasteiger partial charge in [-0.25, -0.2) is 0 Å². The maximum atomic E-state index is 10.8. The van der Waals surface area contributed by atoms with Gasteiger partial charge in [0.15, 0.2) is 5.17 Å². The largest absolute Gasteiger partial charge is 0.365 e. The van der Waals surface area contributed by atoms with Gasteiger partial charge in [0.2, 0.25) is 0 Å². The second kappa shape index (κ2) is 6.33. The van der Waals surface area contributed by atoms with E-state index in [1.54, 1.807) is 0 Å². The van der Waals surface area contributed by atoms with Crippen LogP contribution in [0.4, 0.5) is 11.4 Å². The first-order valence-corrected chi connectivity index (χ1v) is 6.88. The summed E-state index contributed by atoms with van der Waals surface area (Å²) in [6, 6.07) is 3.66. The highest BCUT2D eigenvalue weighted by Gasteiger charge is 2.17. The summed E-state index contributed by atoms with van der Waals surface area (Å²) in [5.74, 6) is 0.397. The van der Waals surface area contributed by atoms with E-state index in [4.69, 9.17) is 0 Å². The zero-order chi connectivity index (χ0) is 14.5. The summed E-state index contributed by atoms with van der Waals surface area (Å²) < 4.78 is 0. The van der Waals surface area contributed by atoms with Gasteiger partial charge in [-0.2, -0.15) is 0 Å². The Labute approximate surface area is 118 Å². The fraction of sp³-hybridized carbons (Fsp3) is 0.364. The monoisotopic (exact) mass is 296 g/mol. The highest BCUT2D eigenvalue weighted by atomic mass is 32.2. The van der Waals surface area contributed by atoms with Gasteiger partial charge in [-0.1, -0.05) is 11.8 Å². The van der Waals surface area contributed by atoms with Crippen molar-refractivity contribution in [2.75, 3.05) is 13.1 Å². The molecule has 0 fully saturated rings. The quantitative estimate of drug-likeness (QED) is 0.672. The SMILES string of the molecule is O=[N+]([O-])c1cc(CSC2=NCCCN2)cc([N+](=O)[O-])c1. The molecule has 8 nitrogen and oxygen atoms in total. The van der Waals surface area contributed by atoms with E-state index in [1.165, 1.54) is 23.9 Å². The van der Waals surface area contributed by atoms with Gasteiger partial charge in [-0.3, -0.25) is 25.2 Å². The van der Waals surface area contributed by atoms with Crippen molar-refractivity contribution in [2.45, 2.75) is 12.2 Å². The van der Waals surface area contributed by atoms with E-state index in [0.29, 0.717) is 11.3 Å². The lowest BCUT2D eigenvalue weighted by Crippen LogP contribution is -2.26. The third-order valence-electron chi connectivity index (χ3n) is 2.63. The first-order chi connectivity index (χ1) is 9.56. The Morgan fingerprint density at radius 3 is 2.35 bits per heavy atom. The summed E-state index contributed by atoms with van der Waals surface area (Å²) in [5, 5.41) is 25.4. The first kappa shape index (κ1) is 14.3. The van der Waals surface area contributed by atoms with Gasteiger partial charge in [0.25, 0.3) is 11.4 Å². The zero-order valence-electron chi connectivity index (χ0n) is 10.4. The van der Waals surface area contributed by atoms with Crippen LogP contribution in [-0.2, 0) is 5.75 Å². The molecule has 0 saturated heterocycles. The Balaban J connectivity index is 2.15. The van der Waals surface area contributed by atoms with Gasteiger partial charge >= 0.3 is 0 Å². The minimum atomic E-state index is -0.627. The molecule has 0 unspecified atom stereocenters. The van der Waals surface area contributed by atoms with Crippen LogP contribution in [0.3, 0.4) is 0 Å². The van der Waals surface area contributed by atoms with Gasteiger partial charge in [-0.15, -0.1) is 0 Å². The van der Waals surface area contributed by atoms with Crippen molar-refractivity contribution in [1.29, 1.82) is 0 Å². The Morgan fingerprint density at radius 1 is 1.20 bits per heavy atom. The molecule has 0 spiro atoms. The van der Waals surface area contributed by atoms with Crippen molar-refractivity contribution in [1.82, 2.24) is 5.32 Å². The van der Waals surface area contributed by atoms with Crippen LogP contribution >= 0.6 is 11.8 Å². The molecule has 20 heavy (non-hydrogen) atoms. The Hall–Kier alpha value is -2.16. The summed E-state index contributed by atoms with van der Waals surface area (Å²) in [6.07, 6.45) is 0.979. The van der Waals surface area contributed by atoms with Gasteiger partial charge < -0.3 is 5.32 Å². The number of benzene rings is 1. The lowest BCUT2D eigenvalue weighted by Gasteiger charge is -2.13. The third kappa shape index (κ3) is 3.67. The molecule has 106 valence electrons. The Kier molecular flexibility index (Phi) is 4.51. The van der Waals surface area contributed by atoms with Crippen LogP contribution in [0.25, 0.3) is 0 Å². The van der Waals surface area contributed by atoms with Crippen LogP contribution < -0.4 is 5.32 Å². The summed E-state index contributed by atoms with van der Waals surface area (Å²) >= 11 is 1.38. The number of nitro groups is 2. The van der Waals surface area contributed by atoms with E-state index in [1.807, 2.05) is 0 Å². The Bertz CT molecular complexity index is 543.